The predicted molar refractivity (Wildman–Crippen MR) is 91.2 cm³/mol. The molecule has 1 atom stereocenters. The summed E-state index contributed by atoms with van der Waals surface area (Å²) in [5.74, 6) is 0.180. The number of rotatable bonds is 6. The van der Waals surface area contributed by atoms with E-state index in [2.05, 4.69) is 15.3 Å². The van der Waals surface area contributed by atoms with Crippen LogP contribution >= 0.6 is 0 Å². The van der Waals surface area contributed by atoms with Crippen molar-refractivity contribution in [3.63, 3.8) is 0 Å². The molecule has 1 saturated heterocycles. The summed E-state index contributed by atoms with van der Waals surface area (Å²) in [4.78, 5) is 23.2. The third-order valence-corrected chi connectivity index (χ3v) is 4.63. The molecule has 1 fully saturated rings. The minimum Gasteiger partial charge on any atom is -0.396 e. The number of nitrogens with one attached hydrogen (secondary N) is 1. The van der Waals surface area contributed by atoms with E-state index in [0.29, 0.717) is 38.4 Å². The summed E-state index contributed by atoms with van der Waals surface area (Å²) in [7, 11) is 0. The standard InChI is InChI=1S/C18H21FN4O2/c19-15-4-2-14(3-5-15)12-22-16(25)18(7-11-24)6-10-23(13-18)17-20-8-1-9-21-17/h1-5,8-9,24H,6-7,10-13H2,(H,22,25)/t18-/m1/s1. The average molecular weight is 344 g/mol. The fourth-order valence-electron chi connectivity index (χ4n) is 3.19. The normalized spacial score (nSPS) is 19.8. The molecule has 132 valence electrons. The number of anilines is 1. The lowest BCUT2D eigenvalue weighted by Crippen LogP contribution is -2.43. The van der Waals surface area contributed by atoms with Gasteiger partial charge in [-0.05, 0) is 36.6 Å². The number of halogens is 1. The fourth-order valence-corrected chi connectivity index (χ4v) is 3.19. The lowest BCUT2D eigenvalue weighted by molar-refractivity contribution is -0.131. The molecular formula is C18H21FN4O2. The minimum atomic E-state index is -0.673. The Bertz CT molecular complexity index is 711. The second kappa shape index (κ2) is 7.57. The van der Waals surface area contributed by atoms with E-state index in [1.807, 2.05) is 4.90 Å². The molecular weight excluding hydrogens is 323 g/mol. The molecule has 0 saturated carbocycles. The molecule has 0 unspecified atom stereocenters. The van der Waals surface area contributed by atoms with E-state index in [1.165, 1.54) is 12.1 Å². The summed E-state index contributed by atoms with van der Waals surface area (Å²) >= 11 is 0. The van der Waals surface area contributed by atoms with Gasteiger partial charge in [0.05, 0.1) is 5.41 Å². The number of carbonyl (C=O) groups excluding carboxylic acids is 1. The van der Waals surface area contributed by atoms with E-state index in [4.69, 9.17) is 0 Å². The van der Waals surface area contributed by atoms with E-state index in [9.17, 15) is 14.3 Å². The van der Waals surface area contributed by atoms with Gasteiger partial charge in [0.1, 0.15) is 5.82 Å². The van der Waals surface area contributed by atoms with Crippen LogP contribution in [0, 0.1) is 11.2 Å². The second-order valence-electron chi connectivity index (χ2n) is 6.28. The minimum absolute atomic E-state index is 0.0620. The van der Waals surface area contributed by atoms with E-state index < -0.39 is 5.41 Å². The van der Waals surface area contributed by atoms with Crippen molar-refractivity contribution < 1.29 is 14.3 Å². The van der Waals surface area contributed by atoms with Crippen molar-refractivity contribution in [2.75, 3.05) is 24.6 Å². The Morgan fingerprint density at radius 1 is 1.28 bits per heavy atom. The number of aliphatic hydroxyl groups excluding tert-OH is 1. The number of carbonyl (C=O) groups is 1. The first-order chi connectivity index (χ1) is 12.1. The van der Waals surface area contributed by atoms with Gasteiger partial charge in [-0.25, -0.2) is 14.4 Å². The van der Waals surface area contributed by atoms with Gasteiger partial charge >= 0.3 is 0 Å². The number of amides is 1. The van der Waals surface area contributed by atoms with Crippen molar-refractivity contribution in [2.45, 2.75) is 19.4 Å². The molecule has 2 aromatic rings. The van der Waals surface area contributed by atoms with Crippen molar-refractivity contribution in [1.82, 2.24) is 15.3 Å². The Hall–Kier alpha value is -2.54. The van der Waals surface area contributed by atoms with Crippen LogP contribution in [0.3, 0.4) is 0 Å². The van der Waals surface area contributed by atoms with Crippen LogP contribution in [0.1, 0.15) is 18.4 Å². The van der Waals surface area contributed by atoms with Crippen LogP contribution in [0.15, 0.2) is 42.7 Å². The zero-order valence-corrected chi connectivity index (χ0v) is 13.9. The molecule has 0 spiro atoms. The highest BCUT2D eigenvalue weighted by Gasteiger charge is 2.44. The molecule has 7 heteroatoms. The van der Waals surface area contributed by atoms with Gasteiger partial charge in [0, 0.05) is 38.6 Å². The summed E-state index contributed by atoms with van der Waals surface area (Å²) in [5.41, 5.74) is 0.156. The molecule has 25 heavy (non-hydrogen) atoms. The Kier molecular flexibility index (Phi) is 5.23. The van der Waals surface area contributed by atoms with Crippen LogP contribution in [0.5, 0.6) is 0 Å². The number of nitrogens with zero attached hydrogens (tertiary/aromatic N) is 3. The highest BCUT2D eigenvalue weighted by molar-refractivity contribution is 5.84. The van der Waals surface area contributed by atoms with Crippen LogP contribution in [0.2, 0.25) is 0 Å². The number of aliphatic hydroxyl groups is 1. The van der Waals surface area contributed by atoms with Crippen LogP contribution in [-0.4, -0.2) is 40.7 Å². The molecule has 1 aliphatic rings. The quantitative estimate of drug-likeness (QED) is 0.831. The van der Waals surface area contributed by atoms with E-state index in [-0.39, 0.29) is 18.3 Å². The van der Waals surface area contributed by atoms with Crippen LogP contribution in [0.4, 0.5) is 10.3 Å². The average Bonchev–Trinajstić information content (AvgIpc) is 3.07. The van der Waals surface area contributed by atoms with Gasteiger partial charge in [0.2, 0.25) is 11.9 Å². The third-order valence-electron chi connectivity index (χ3n) is 4.63. The lowest BCUT2D eigenvalue weighted by Gasteiger charge is -2.27. The van der Waals surface area contributed by atoms with Crippen LogP contribution in [0.25, 0.3) is 0 Å². The zero-order valence-electron chi connectivity index (χ0n) is 13.9. The first-order valence-corrected chi connectivity index (χ1v) is 8.28. The number of hydrogen-bond donors (Lipinski definition) is 2. The summed E-state index contributed by atoms with van der Waals surface area (Å²) in [6.07, 6.45) is 4.35. The van der Waals surface area contributed by atoms with Crippen LogP contribution < -0.4 is 10.2 Å². The van der Waals surface area contributed by atoms with Crippen molar-refractivity contribution in [3.8, 4) is 0 Å². The molecule has 2 N–H and O–H groups in total. The number of benzene rings is 1. The maximum atomic E-state index is 13.0. The second-order valence-corrected chi connectivity index (χ2v) is 6.28. The topological polar surface area (TPSA) is 78.4 Å². The summed E-state index contributed by atoms with van der Waals surface area (Å²) in [6.45, 7) is 1.39. The number of aromatic nitrogens is 2. The Morgan fingerprint density at radius 2 is 2.00 bits per heavy atom. The number of hydrogen-bond acceptors (Lipinski definition) is 5. The summed E-state index contributed by atoms with van der Waals surface area (Å²) in [5, 5.41) is 12.4. The van der Waals surface area contributed by atoms with Gasteiger partial charge in [0.25, 0.3) is 0 Å². The highest BCUT2D eigenvalue weighted by atomic mass is 19.1. The summed E-state index contributed by atoms with van der Waals surface area (Å²) < 4.78 is 13.0. The zero-order chi connectivity index (χ0) is 17.7. The Balaban J connectivity index is 1.67. The molecule has 1 amide bonds. The molecule has 1 aromatic carbocycles. The van der Waals surface area contributed by atoms with E-state index in [1.54, 1.807) is 30.6 Å². The monoisotopic (exact) mass is 344 g/mol. The highest BCUT2D eigenvalue weighted by Crippen LogP contribution is 2.35. The third kappa shape index (κ3) is 3.93. The van der Waals surface area contributed by atoms with Crippen molar-refractivity contribution in [3.05, 3.63) is 54.1 Å². The first kappa shape index (κ1) is 17.3. The molecule has 3 rings (SSSR count). The maximum absolute atomic E-state index is 13.0. The van der Waals surface area contributed by atoms with Crippen molar-refractivity contribution >= 4 is 11.9 Å². The molecule has 0 radical (unpaired) electrons. The van der Waals surface area contributed by atoms with E-state index >= 15 is 0 Å². The van der Waals surface area contributed by atoms with Crippen LogP contribution in [-0.2, 0) is 11.3 Å². The smallest absolute Gasteiger partial charge is 0.228 e. The van der Waals surface area contributed by atoms with Gasteiger partial charge in [-0.15, -0.1) is 0 Å². The SMILES string of the molecule is O=C(NCc1ccc(F)cc1)[C@@]1(CCO)CCN(c2ncccn2)C1. The van der Waals surface area contributed by atoms with Gasteiger partial charge in [-0.1, -0.05) is 12.1 Å². The molecule has 0 aliphatic carbocycles. The molecule has 6 nitrogen and oxygen atoms in total. The Labute approximate surface area is 145 Å². The van der Waals surface area contributed by atoms with Gasteiger partial charge in [-0.3, -0.25) is 4.79 Å². The largest absolute Gasteiger partial charge is 0.396 e. The van der Waals surface area contributed by atoms with E-state index in [0.717, 1.165) is 5.56 Å². The molecule has 1 aromatic heterocycles. The Morgan fingerprint density at radius 3 is 2.68 bits per heavy atom. The van der Waals surface area contributed by atoms with Gasteiger partial charge in [0.15, 0.2) is 0 Å². The summed E-state index contributed by atoms with van der Waals surface area (Å²) in [6, 6.07) is 7.78. The van der Waals surface area contributed by atoms with Crippen molar-refractivity contribution in [1.29, 1.82) is 0 Å². The van der Waals surface area contributed by atoms with Crippen molar-refractivity contribution in [2.24, 2.45) is 5.41 Å². The molecule has 1 aliphatic heterocycles. The van der Waals surface area contributed by atoms with Gasteiger partial charge < -0.3 is 15.3 Å². The van der Waals surface area contributed by atoms with Gasteiger partial charge in [-0.2, -0.15) is 0 Å². The first-order valence-electron chi connectivity index (χ1n) is 8.28. The fraction of sp³-hybridized carbons (Fsp3) is 0.389. The predicted octanol–water partition coefficient (Wildman–Crippen LogP) is 1.51. The maximum Gasteiger partial charge on any atom is 0.228 e. The lowest BCUT2D eigenvalue weighted by atomic mass is 9.82. The molecule has 0 bridgehead atoms. The molecule has 2 heterocycles.